The molecule has 8 heteroatoms. The molecule has 126 valence electrons. The van der Waals surface area contributed by atoms with Gasteiger partial charge in [0.1, 0.15) is 11.9 Å². The number of aromatic nitrogens is 3. The molecular formula is C16H19N5O3. The van der Waals surface area contributed by atoms with Crippen LogP contribution in [0.5, 0.6) is 0 Å². The van der Waals surface area contributed by atoms with Gasteiger partial charge in [-0.15, -0.1) is 0 Å². The third kappa shape index (κ3) is 3.17. The summed E-state index contributed by atoms with van der Waals surface area (Å²) in [5.41, 5.74) is 1.76. The molecule has 0 unspecified atom stereocenters. The number of rotatable bonds is 5. The third-order valence-electron chi connectivity index (χ3n) is 3.61. The van der Waals surface area contributed by atoms with E-state index in [2.05, 4.69) is 20.7 Å². The minimum atomic E-state index is -0.505. The predicted molar refractivity (Wildman–Crippen MR) is 91.2 cm³/mol. The molecule has 0 radical (unpaired) electrons. The number of aromatic amines is 1. The van der Waals surface area contributed by atoms with Gasteiger partial charge in [-0.25, -0.2) is 9.48 Å². The van der Waals surface area contributed by atoms with E-state index in [1.54, 1.807) is 42.1 Å². The van der Waals surface area contributed by atoms with E-state index in [1.165, 1.54) is 0 Å². The van der Waals surface area contributed by atoms with Crippen LogP contribution in [-0.4, -0.2) is 26.7 Å². The zero-order valence-electron chi connectivity index (χ0n) is 13.7. The van der Waals surface area contributed by atoms with Gasteiger partial charge in [-0.2, -0.15) is 5.10 Å². The monoisotopic (exact) mass is 329 g/mol. The first-order valence-electron chi connectivity index (χ1n) is 7.68. The second kappa shape index (κ2) is 6.23. The van der Waals surface area contributed by atoms with Crippen molar-refractivity contribution in [3.8, 4) is 0 Å². The molecule has 2 heterocycles. The molecule has 3 N–H and O–H groups in total. The number of amides is 1. The topological polar surface area (TPSA) is 105 Å². The van der Waals surface area contributed by atoms with Crippen LogP contribution in [0.4, 0.5) is 11.5 Å². The lowest BCUT2D eigenvalue weighted by molar-refractivity contribution is -0.116. The number of benzene rings is 1. The maximum absolute atomic E-state index is 12.4. The molecule has 1 amide bonds. The first kappa shape index (κ1) is 15.9. The van der Waals surface area contributed by atoms with Gasteiger partial charge in [-0.1, -0.05) is 0 Å². The van der Waals surface area contributed by atoms with Gasteiger partial charge in [0, 0.05) is 17.8 Å². The average Bonchev–Trinajstić information content (AvgIpc) is 3.12. The summed E-state index contributed by atoms with van der Waals surface area (Å²) in [7, 11) is 0. The van der Waals surface area contributed by atoms with Crippen LogP contribution < -0.4 is 16.4 Å². The average molecular weight is 329 g/mol. The second-order valence-electron chi connectivity index (χ2n) is 5.84. The van der Waals surface area contributed by atoms with Gasteiger partial charge in [-0.05, 0) is 39.0 Å². The Morgan fingerprint density at radius 2 is 2.08 bits per heavy atom. The number of fused-ring (bicyclic) bond motifs is 1. The highest BCUT2D eigenvalue weighted by molar-refractivity contribution is 5.95. The summed E-state index contributed by atoms with van der Waals surface area (Å²) in [6.07, 6.45) is 1.65. The van der Waals surface area contributed by atoms with Crippen LogP contribution in [0.25, 0.3) is 11.1 Å². The number of hydrogen-bond acceptors (Lipinski definition) is 5. The molecule has 0 saturated heterocycles. The van der Waals surface area contributed by atoms with E-state index < -0.39 is 11.8 Å². The van der Waals surface area contributed by atoms with Crippen molar-refractivity contribution < 1.29 is 9.21 Å². The summed E-state index contributed by atoms with van der Waals surface area (Å²) in [4.78, 5) is 26.1. The summed E-state index contributed by atoms with van der Waals surface area (Å²) in [6, 6.07) is 6.58. The first-order valence-corrected chi connectivity index (χ1v) is 7.68. The van der Waals surface area contributed by atoms with E-state index >= 15 is 0 Å². The van der Waals surface area contributed by atoms with Crippen LogP contribution in [0.15, 0.2) is 39.7 Å². The SMILES string of the molecule is CC(C)n1nccc1NC(=O)[C@@H](C)Nc1ccc2oc(=O)[nH]c2c1. The summed E-state index contributed by atoms with van der Waals surface area (Å²) < 4.78 is 6.70. The molecule has 0 bridgehead atoms. The van der Waals surface area contributed by atoms with Crippen molar-refractivity contribution in [1.82, 2.24) is 14.8 Å². The summed E-state index contributed by atoms with van der Waals surface area (Å²) in [6.45, 7) is 5.74. The van der Waals surface area contributed by atoms with Gasteiger partial charge in [0.2, 0.25) is 5.91 Å². The number of carbonyl (C=O) groups excluding carboxylic acids is 1. The van der Waals surface area contributed by atoms with Gasteiger partial charge in [-0.3, -0.25) is 9.78 Å². The quantitative estimate of drug-likeness (QED) is 0.666. The Kier molecular flexibility index (Phi) is 4.11. The molecule has 1 atom stereocenters. The Hall–Kier alpha value is -3.03. The fourth-order valence-electron chi connectivity index (χ4n) is 2.42. The lowest BCUT2D eigenvalue weighted by atomic mass is 10.2. The predicted octanol–water partition coefficient (Wildman–Crippen LogP) is 2.34. The van der Waals surface area contributed by atoms with E-state index in [9.17, 15) is 9.59 Å². The number of hydrogen-bond donors (Lipinski definition) is 3. The molecule has 0 saturated carbocycles. The summed E-state index contributed by atoms with van der Waals surface area (Å²) >= 11 is 0. The molecule has 3 aromatic rings. The first-order chi connectivity index (χ1) is 11.4. The number of carbonyl (C=O) groups is 1. The van der Waals surface area contributed by atoms with E-state index in [0.717, 1.165) is 0 Å². The van der Waals surface area contributed by atoms with E-state index in [1.807, 2.05) is 13.8 Å². The Labute approximate surface area is 137 Å². The van der Waals surface area contributed by atoms with Crippen LogP contribution in [0.1, 0.15) is 26.8 Å². The zero-order valence-corrected chi connectivity index (χ0v) is 13.7. The molecule has 2 aromatic heterocycles. The van der Waals surface area contributed by atoms with Crippen molar-refractivity contribution >= 4 is 28.5 Å². The molecule has 0 aliphatic heterocycles. The minimum absolute atomic E-state index is 0.152. The Morgan fingerprint density at radius 3 is 2.83 bits per heavy atom. The highest BCUT2D eigenvalue weighted by Crippen LogP contribution is 2.18. The fraction of sp³-hybridized carbons (Fsp3) is 0.312. The third-order valence-corrected chi connectivity index (χ3v) is 3.61. The van der Waals surface area contributed by atoms with Crippen molar-refractivity contribution in [3.63, 3.8) is 0 Å². The molecular weight excluding hydrogens is 310 g/mol. The molecule has 0 spiro atoms. The van der Waals surface area contributed by atoms with Crippen molar-refractivity contribution in [2.24, 2.45) is 0 Å². The van der Waals surface area contributed by atoms with Crippen molar-refractivity contribution in [3.05, 3.63) is 41.0 Å². The smallest absolute Gasteiger partial charge is 0.408 e. The normalized spacial score (nSPS) is 12.5. The van der Waals surface area contributed by atoms with E-state index in [0.29, 0.717) is 22.6 Å². The van der Waals surface area contributed by atoms with Crippen LogP contribution >= 0.6 is 0 Å². The molecule has 0 aliphatic carbocycles. The molecule has 8 nitrogen and oxygen atoms in total. The Balaban J connectivity index is 1.70. The Morgan fingerprint density at radius 1 is 1.29 bits per heavy atom. The molecule has 3 rings (SSSR count). The van der Waals surface area contributed by atoms with Gasteiger partial charge < -0.3 is 15.1 Å². The number of anilines is 2. The molecule has 1 aromatic carbocycles. The van der Waals surface area contributed by atoms with Crippen LogP contribution in [0.3, 0.4) is 0 Å². The number of nitrogens with one attached hydrogen (secondary N) is 3. The minimum Gasteiger partial charge on any atom is -0.408 e. The summed E-state index contributed by atoms with van der Waals surface area (Å²) in [5.74, 6) is -0.0358. The fourth-order valence-corrected chi connectivity index (χ4v) is 2.42. The zero-order chi connectivity index (χ0) is 17.3. The standard InChI is InChI=1S/C16H19N5O3/c1-9(2)21-14(6-7-17-21)20-15(22)10(3)18-11-4-5-13-12(8-11)19-16(23)24-13/h4-10,18H,1-3H3,(H,19,23)(H,20,22)/t10-/m1/s1. The van der Waals surface area contributed by atoms with E-state index in [-0.39, 0.29) is 11.9 Å². The van der Waals surface area contributed by atoms with Gasteiger partial charge in [0.15, 0.2) is 5.58 Å². The number of oxazole rings is 1. The molecule has 0 aliphatic rings. The lowest BCUT2D eigenvalue weighted by Crippen LogP contribution is -2.32. The summed E-state index contributed by atoms with van der Waals surface area (Å²) in [5, 5.41) is 10.1. The van der Waals surface area contributed by atoms with Gasteiger partial charge >= 0.3 is 5.76 Å². The number of nitrogens with zero attached hydrogens (tertiary/aromatic N) is 2. The number of H-pyrrole nitrogens is 1. The Bertz CT molecular complexity index is 921. The van der Waals surface area contributed by atoms with E-state index in [4.69, 9.17) is 4.42 Å². The van der Waals surface area contributed by atoms with Crippen LogP contribution in [0.2, 0.25) is 0 Å². The lowest BCUT2D eigenvalue weighted by Gasteiger charge is -2.17. The highest BCUT2D eigenvalue weighted by atomic mass is 16.4. The van der Waals surface area contributed by atoms with Crippen molar-refractivity contribution in [2.45, 2.75) is 32.9 Å². The van der Waals surface area contributed by atoms with Gasteiger partial charge in [0.05, 0.1) is 11.7 Å². The van der Waals surface area contributed by atoms with Crippen LogP contribution in [-0.2, 0) is 4.79 Å². The van der Waals surface area contributed by atoms with Gasteiger partial charge in [0.25, 0.3) is 0 Å². The van der Waals surface area contributed by atoms with Crippen molar-refractivity contribution in [2.75, 3.05) is 10.6 Å². The second-order valence-corrected chi connectivity index (χ2v) is 5.84. The highest BCUT2D eigenvalue weighted by Gasteiger charge is 2.16. The maximum atomic E-state index is 12.4. The van der Waals surface area contributed by atoms with Crippen LogP contribution in [0, 0.1) is 0 Å². The maximum Gasteiger partial charge on any atom is 0.417 e. The molecule has 24 heavy (non-hydrogen) atoms. The van der Waals surface area contributed by atoms with Crippen molar-refractivity contribution in [1.29, 1.82) is 0 Å². The molecule has 0 fully saturated rings. The largest absolute Gasteiger partial charge is 0.417 e.